The minimum Gasteiger partial charge on any atom is -0.207 e. The average Bonchev–Trinajstić information content (AvgIpc) is 2.37. The summed E-state index contributed by atoms with van der Waals surface area (Å²) in [5.74, 6) is -0.143. The summed E-state index contributed by atoms with van der Waals surface area (Å²) in [6.07, 6.45) is 3.17. The third-order valence-corrected chi connectivity index (χ3v) is 2.95. The molecule has 0 aromatic heterocycles. The van der Waals surface area contributed by atoms with E-state index < -0.39 is 0 Å². The van der Waals surface area contributed by atoms with Gasteiger partial charge in [0.25, 0.3) is 0 Å². The summed E-state index contributed by atoms with van der Waals surface area (Å²) in [6, 6.07) is 15.3. The Hall–Kier alpha value is -1.63. The van der Waals surface area contributed by atoms with E-state index in [-0.39, 0.29) is 5.82 Å². The van der Waals surface area contributed by atoms with Crippen LogP contribution in [0, 0.1) is 5.82 Å². The first kappa shape index (κ1) is 11.8. The molecule has 0 nitrogen and oxygen atoms in total. The van der Waals surface area contributed by atoms with Crippen molar-refractivity contribution in [3.63, 3.8) is 0 Å². The zero-order valence-corrected chi connectivity index (χ0v) is 10.1. The molecule has 0 aliphatic carbocycles. The summed E-state index contributed by atoms with van der Waals surface area (Å²) >= 11 is 0. The maximum absolute atomic E-state index is 13.3. The van der Waals surface area contributed by atoms with Gasteiger partial charge in [-0.2, -0.15) is 0 Å². The van der Waals surface area contributed by atoms with E-state index >= 15 is 0 Å². The molecule has 0 fully saturated rings. The minimum atomic E-state index is -0.143. The molecule has 0 unspecified atom stereocenters. The zero-order valence-electron chi connectivity index (χ0n) is 10.1. The smallest absolute Gasteiger partial charge is 0.123 e. The van der Waals surface area contributed by atoms with Crippen molar-refractivity contribution in [3.05, 3.63) is 59.9 Å². The Morgan fingerprint density at radius 1 is 1.00 bits per heavy atom. The summed E-state index contributed by atoms with van der Waals surface area (Å²) in [4.78, 5) is 0. The first-order valence-electron chi connectivity index (χ1n) is 6.15. The Balaban J connectivity index is 2.39. The van der Waals surface area contributed by atoms with Gasteiger partial charge in [-0.3, -0.25) is 0 Å². The lowest BCUT2D eigenvalue weighted by Gasteiger charge is -2.09. The highest BCUT2D eigenvalue weighted by atomic mass is 19.1. The van der Waals surface area contributed by atoms with Gasteiger partial charge < -0.3 is 0 Å². The Morgan fingerprint density at radius 3 is 2.47 bits per heavy atom. The second-order valence-corrected chi connectivity index (χ2v) is 4.27. The largest absolute Gasteiger partial charge is 0.207 e. The third kappa shape index (κ3) is 2.94. The normalized spacial score (nSPS) is 10.5. The Bertz CT molecular complexity index is 474. The Labute approximate surface area is 102 Å². The highest BCUT2D eigenvalue weighted by Gasteiger charge is 2.05. The van der Waals surface area contributed by atoms with Crippen LogP contribution in [-0.4, -0.2) is 0 Å². The highest BCUT2D eigenvalue weighted by molar-refractivity contribution is 5.67. The number of hydrogen-bond acceptors (Lipinski definition) is 0. The van der Waals surface area contributed by atoms with E-state index in [1.807, 2.05) is 24.3 Å². The molecule has 2 rings (SSSR count). The lowest BCUT2D eigenvalue weighted by molar-refractivity contribution is 0.624. The number of rotatable bonds is 4. The second kappa shape index (κ2) is 5.62. The second-order valence-electron chi connectivity index (χ2n) is 4.27. The van der Waals surface area contributed by atoms with Gasteiger partial charge in [-0.15, -0.1) is 0 Å². The molecule has 88 valence electrons. The molecule has 0 atom stereocenters. The summed E-state index contributed by atoms with van der Waals surface area (Å²) in [7, 11) is 0. The van der Waals surface area contributed by atoms with Crippen LogP contribution in [0.3, 0.4) is 0 Å². The molecule has 17 heavy (non-hydrogen) atoms. The molecule has 0 spiro atoms. The molecule has 0 amide bonds. The van der Waals surface area contributed by atoms with E-state index in [9.17, 15) is 4.39 Å². The summed E-state index contributed by atoms with van der Waals surface area (Å²) in [5, 5.41) is 0. The molecule has 0 aliphatic rings. The standard InChI is InChI=1S/C16H17F/c1-2-3-7-14-12-15(17)10-11-16(14)13-8-5-4-6-9-13/h4-6,8-12H,2-3,7H2,1H3. The summed E-state index contributed by atoms with van der Waals surface area (Å²) < 4.78 is 13.3. The van der Waals surface area contributed by atoms with Gasteiger partial charge >= 0.3 is 0 Å². The Morgan fingerprint density at radius 2 is 1.76 bits per heavy atom. The fourth-order valence-electron chi connectivity index (χ4n) is 2.04. The highest BCUT2D eigenvalue weighted by Crippen LogP contribution is 2.25. The number of benzene rings is 2. The van der Waals surface area contributed by atoms with Gasteiger partial charge in [0.2, 0.25) is 0 Å². The van der Waals surface area contributed by atoms with Gasteiger partial charge in [-0.25, -0.2) is 4.39 Å². The van der Waals surface area contributed by atoms with Gasteiger partial charge in [-0.1, -0.05) is 49.7 Å². The fraction of sp³-hybridized carbons (Fsp3) is 0.250. The van der Waals surface area contributed by atoms with E-state index in [2.05, 4.69) is 19.1 Å². The average molecular weight is 228 g/mol. The van der Waals surface area contributed by atoms with Crippen LogP contribution in [0.25, 0.3) is 11.1 Å². The molecule has 2 aromatic carbocycles. The SMILES string of the molecule is CCCCc1cc(F)ccc1-c1ccccc1. The van der Waals surface area contributed by atoms with Gasteiger partial charge in [0.15, 0.2) is 0 Å². The van der Waals surface area contributed by atoms with Gasteiger partial charge in [-0.05, 0) is 41.7 Å². The van der Waals surface area contributed by atoms with Crippen molar-refractivity contribution in [3.8, 4) is 11.1 Å². The molecule has 0 aliphatic heterocycles. The fourth-order valence-corrected chi connectivity index (χ4v) is 2.04. The first-order valence-corrected chi connectivity index (χ1v) is 6.15. The zero-order chi connectivity index (χ0) is 12.1. The number of halogens is 1. The van der Waals surface area contributed by atoms with E-state index in [0.717, 1.165) is 30.4 Å². The van der Waals surface area contributed by atoms with Gasteiger partial charge in [0, 0.05) is 0 Å². The van der Waals surface area contributed by atoms with Crippen molar-refractivity contribution < 1.29 is 4.39 Å². The molecular weight excluding hydrogens is 211 g/mol. The van der Waals surface area contributed by atoms with Crippen LogP contribution in [-0.2, 0) is 6.42 Å². The van der Waals surface area contributed by atoms with E-state index in [4.69, 9.17) is 0 Å². The monoisotopic (exact) mass is 228 g/mol. The lowest BCUT2D eigenvalue weighted by atomic mass is 9.96. The molecule has 0 heterocycles. The van der Waals surface area contributed by atoms with Crippen LogP contribution < -0.4 is 0 Å². The minimum absolute atomic E-state index is 0.143. The summed E-state index contributed by atoms with van der Waals surface area (Å²) in [6.45, 7) is 2.15. The molecule has 0 saturated carbocycles. The quantitative estimate of drug-likeness (QED) is 0.702. The van der Waals surface area contributed by atoms with Crippen LogP contribution in [0.1, 0.15) is 25.3 Å². The van der Waals surface area contributed by atoms with Crippen LogP contribution in [0.2, 0.25) is 0 Å². The van der Waals surface area contributed by atoms with Crippen molar-refractivity contribution in [2.24, 2.45) is 0 Å². The predicted octanol–water partition coefficient (Wildman–Crippen LogP) is 4.84. The van der Waals surface area contributed by atoms with E-state index in [1.54, 1.807) is 6.07 Å². The molecule has 0 bridgehead atoms. The van der Waals surface area contributed by atoms with Crippen molar-refractivity contribution in [2.45, 2.75) is 26.2 Å². The molecule has 1 heteroatoms. The molecule has 0 N–H and O–H groups in total. The van der Waals surface area contributed by atoms with Crippen molar-refractivity contribution in [1.29, 1.82) is 0 Å². The van der Waals surface area contributed by atoms with E-state index in [1.165, 1.54) is 11.6 Å². The van der Waals surface area contributed by atoms with Crippen LogP contribution in [0.4, 0.5) is 4.39 Å². The number of aryl methyl sites for hydroxylation is 1. The Kier molecular flexibility index (Phi) is 3.92. The topological polar surface area (TPSA) is 0 Å². The van der Waals surface area contributed by atoms with Crippen molar-refractivity contribution in [2.75, 3.05) is 0 Å². The maximum Gasteiger partial charge on any atom is 0.123 e. The van der Waals surface area contributed by atoms with Crippen LogP contribution in [0.5, 0.6) is 0 Å². The predicted molar refractivity (Wildman–Crippen MR) is 70.4 cm³/mol. The first-order chi connectivity index (χ1) is 8.31. The van der Waals surface area contributed by atoms with Crippen molar-refractivity contribution in [1.82, 2.24) is 0 Å². The van der Waals surface area contributed by atoms with Crippen molar-refractivity contribution >= 4 is 0 Å². The van der Waals surface area contributed by atoms with Gasteiger partial charge in [0.05, 0.1) is 0 Å². The molecule has 0 radical (unpaired) electrons. The van der Waals surface area contributed by atoms with E-state index in [0.29, 0.717) is 0 Å². The van der Waals surface area contributed by atoms with Crippen LogP contribution >= 0.6 is 0 Å². The lowest BCUT2D eigenvalue weighted by Crippen LogP contribution is -1.91. The third-order valence-electron chi connectivity index (χ3n) is 2.95. The number of unbranched alkanes of at least 4 members (excludes halogenated alkanes) is 1. The molecule has 0 saturated heterocycles. The maximum atomic E-state index is 13.3. The van der Waals surface area contributed by atoms with Crippen LogP contribution in [0.15, 0.2) is 48.5 Å². The molecule has 2 aromatic rings. The molecular formula is C16H17F. The number of hydrogen-bond donors (Lipinski definition) is 0. The summed E-state index contributed by atoms with van der Waals surface area (Å²) in [5.41, 5.74) is 3.43. The van der Waals surface area contributed by atoms with Gasteiger partial charge in [0.1, 0.15) is 5.82 Å².